The zero-order valence-electron chi connectivity index (χ0n) is 7.11. The summed E-state index contributed by atoms with van der Waals surface area (Å²) >= 11 is 0. The highest BCUT2D eigenvalue weighted by molar-refractivity contribution is 6.28. The van der Waals surface area contributed by atoms with E-state index in [1.807, 2.05) is 6.92 Å². The maximum absolute atomic E-state index is 5.47. The van der Waals surface area contributed by atoms with Crippen molar-refractivity contribution in [2.45, 2.75) is 39.3 Å². The van der Waals surface area contributed by atoms with E-state index in [2.05, 4.69) is 20.4 Å². The Morgan fingerprint density at radius 2 is 2.30 bits per heavy atom. The fraction of sp³-hybridized carbons (Fsp3) is 0.750. The van der Waals surface area contributed by atoms with Gasteiger partial charge in [-0.05, 0) is 26.3 Å². The highest BCUT2D eigenvalue weighted by Crippen LogP contribution is 1.99. The Morgan fingerprint density at radius 3 is 2.70 bits per heavy atom. The van der Waals surface area contributed by atoms with Crippen LogP contribution in [0.2, 0.25) is 6.04 Å². The Labute approximate surface area is 66.4 Å². The lowest BCUT2D eigenvalue weighted by Gasteiger charge is -2.08. The summed E-state index contributed by atoms with van der Waals surface area (Å²) in [6, 6.07) is 1.02. The third kappa shape index (κ3) is 6.04. The first-order valence-corrected chi connectivity index (χ1v) is 4.81. The van der Waals surface area contributed by atoms with Gasteiger partial charge in [-0.2, -0.15) is 0 Å². The van der Waals surface area contributed by atoms with Crippen LogP contribution in [-0.4, -0.2) is 15.9 Å². The van der Waals surface area contributed by atoms with E-state index in [-0.39, 0.29) is 0 Å². The number of allylic oxidation sites excluding steroid dienone is 1. The minimum absolute atomic E-state index is 0.415. The van der Waals surface area contributed by atoms with Crippen molar-refractivity contribution in [3.05, 3.63) is 12.2 Å². The van der Waals surface area contributed by atoms with Crippen LogP contribution < -0.4 is 0 Å². The van der Waals surface area contributed by atoms with E-state index >= 15 is 0 Å². The molecule has 0 spiro atoms. The quantitative estimate of drug-likeness (QED) is 0.439. The molecule has 0 N–H and O–H groups in total. The maximum atomic E-state index is 5.47. The summed E-state index contributed by atoms with van der Waals surface area (Å²) in [7, 11) is 0.600. The molecule has 2 heteroatoms. The molecule has 0 aliphatic carbocycles. The molecule has 0 amide bonds. The van der Waals surface area contributed by atoms with E-state index in [4.69, 9.17) is 4.43 Å². The normalized spacial score (nSPS) is 13.1. The Balaban J connectivity index is 3.11. The maximum Gasteiger partial charge on any atom is 0.234 e. The predicted molar refractivity (Wildman–Crippen MR) is 46.2 cm³/mol. The first-order chi connectivity index (χ1) is 4.66. The van der Waals surface area contributed by atoms with Crippen molar-refractivity contribution in [2.75, 3.05) is 0 Å². The Hall–Kier alpha value is -0.0831. The van der Waals surface area contributed by atoms with Crippen LogP contribution in [0.25, 0.3) is 0 Å². The fourth-order valence-corrected chi connectivity index (χ4v) is 1.17. The average Bonchev–Trinajstić information content (AvgIpc) is 1.87. The van der Waals surface area contributed by atoms with E-state index in [0.717, 1.165) is 12.5 Å². The molecule has 2 radical (unpaired) electrons. The van der Waals surface area contributed by atoms with Crippen molar-refractivity contribution >= 4 is 9.76 Å². The van der Waals surface area contributed by atoms with E-state index in [0.29, 0.717) is 15.9 Å². The topological polar surface area (TPSA) is 9.23 Å². The molecule has 0 saturated carbocycles. The van der Waals surface area contributed by atoms with Gasteiger partial charge >= 0.3 is 0 Å². The van der Waals surface area contributed by atoms with Crippen LogP contribution in [0.3, 0.4) is 0 Å². The summed E-state index contributed by atoms with van der Waals surface area (Å²) in [5, 5.41) is 0. The molecule has 0 fully saturated rings. The standard InChI is InChI=1S/C8H16OSi/c1-5-8(4)9-10-6-7(2)3/h8H,2,5-6H2,1,3-4H3. The van der Waals surface area contributed by atoms with Crippen molar-refractivity contribution < 1.29 is 4.43 Å². The average molecular weight is 156 g/mol. The molecule has 0 bridgehead atoms. The zero-order valence-corrected chi connectivity index (χ0v) is 8.11. The molecule has 1 atom stereocenters. The van der Waals surface area contributed by atoms with Gasteiger partial charge in [-0.1, -0.05) is 12.5 Å². The number of hydrogen-bond acceptors (Lipinski definition) is 1. The van der Waals surface area contributed by atoms with Gasteiger partial charge in [-0.25, -0.2) is 0 Å². The molecule has 58 valence electrons. The largest absolute Gasteiger partial charge is 0.415 e. The molecule has 0 aliphatic heterocycles. The molecule has 0 aromatic heterocycles. The Kier molecular flexibility index (Phi) is 5.64. The van der Waals surface area contributed by atoms with Gasteiger partial charge in [0.2, 0.25) is 9.76 Å². The molecule has 0 aromatic carbocycles. The smallest absolute Gasteiger partial charge is 0.234 e. The monoisotopic (exact) mass is 156 g/mol. The lowest BCUT2D eigenvalue weighted by atomic mass is 10.3. The Morgan fingerprint density at radius 1 is 1.70 bits per heavy atom. The van der Waals surface area contributed by atoms with Crippen molar-refractivity contribution in [2.24, 2.45) is 0 Å². The van der Waals surface area contributed by atoms with Gasteiger partial charge in [0.1, 0.15) is 0 Å². The van der Waals surface area contributed by atoms with E-state index in [1.54, 1.807) is 0 Å². The molecular weight excluding hydrogens is 140 g/mol. The first kappa shape index (κ1) is 9.92. The summed E-state index contributed by atoms with van der Waals surface area (Å²) in [6.45, 7) is 10.1. The van der Waals surface area contributed by atoms with Crippen LogP contribution in [0.15, 0.2) is 12.2 Å². The third-order valence-electron chi connectivity index (χ3n) is 1.23. The molecule has 0 aliphatic rings. The van der Waals surface area contributed by atoms with E-state index in [9.17, 15) is 0 Å². The minimum atomic E-state index is 0.415. The summed E-state index contributed by atoms with van der Waals surface area (Å²) < 4.78 is 5.47. The van der Waals surface area contributed by atoms with Crippen LogP contribution >= 0.6 is 0 Å². The highest BCUT2D eigenvalue weighted by Gasteiger charge is 1.98. The second kappa shape index (κ2) is 5.68. The van der Waals surface area contributed by atoms with Crippen molar-refractivity contribution in [3.63, 3.8) is 0 Å². The fourth-order valence-electron chi connectivity index (χ4n) is 0.390. The second-order valence-corrected chi connectivity index (χ2v) is 3.49. The lowest BCUT2D eigenvalue weighted by Crippen LogP contribution is -2.09. The highest BCUT2D eigenvalue weighted by atomic mass is 28.2. The van der Waals surface area contributed by atoms with Crippen LogP contribution in [-0.2, 0) is 4.43 Å². The van der Waals surface area contributed by atoms with Gasteiger partial charge in [0.15, 0.2) is 0 Å². The van der Waals surface area contributed by atoms with E-state index < -0.39 is 0 Å². The predicted octanol–water partition coefficient (Wildman–Crippen LogP) is 2.42. The molecule has 0 saturated heterocycles. The van der Waals surface area contributed by atoms with Crippen molar-refractivity contribution in [1.82, 2.24) is 0 Å². The van der Waals surface area contributed by atoms with Crippen LogP contribution in [0.1, 0.15) is 27.2 Å². The van der Waals surface area contributed by atoms with Gasteiger partial charge < -0.3 is 4.43 Å². The summed E-state index contributed by atoms with van der Waals surface area (Å²) in [6.07, 6.45) is 1.51. The molecule has 0 rings (SSSR count). The number of rotatable bonds is 5. The van der Waals surface area contributed by atoms with Crippen molar-refractivity contribution in [3.8, 4) is 0 Å². The lowest BCUT2D eigenvalue weighted by molar-refractivity contribution is 0.229. The molecule has 0 heterocycles. The van der Waals surface area contributed by atoms with Crippen molar-refractivity contribution in [1.29, 1.82) is 0 Å². The number of hydrogen-bond donors (Lipinski definition) is 0. The summed E-state index contributed by atoms with van der Waals surface area (Å²) in [5.41, 5.74) is 1.21. The van der Waals surface area contributed by atoms with Crippen LogP contribution in [0.5, 0.6) is 0 Å². The van der Waals surface area contributed by atoms with Gasteiger partial charge in [-0.15, -0.1) is 6.58 Å². The minimum Gasteiger partial charge on any atom is -0.415 e. The molecule has 1 unspecified atom stereocenters. The molecule has 0 aromatic rings. The zero-order chi connectivity index (χ0) is 7.98. The third-order valence-corrected chi connectivity index (χ3v) is 2.55. The molecule has 10 heavy (non-hydrogen) atoms. The molecular formula is C8H16OSi. The first-order valence-electron chi connectivity index (χ1n) is 3.69. The van der Waals surface area contributed by atoms with Crippen LogP contribution in [0, 0.1) is 0 Å². The van der Waals surface area contributed by atoms with Gasteiger partial charge in [0, 0.05) is 6.10 Å². The van der Waals surface area contributed by atoms with Crippen LogP contribution in [0.4, 0.5) is 0 Å². The second-order valence-electron chi connectivity index (χ2n) is 2.61. The Bertz CT molecular complexity index is 101. The summed E-state index contributed by atoms with van der Waals surface area (Å²) in [4.78, 5) is 0. The van der Waals surface area contributed by atoms with Gasteiger partial charge in [-0.3, -0.25) is 0 Å². The van der Waals surface area contributed by atoms with Gasteiger partial charge in [0.25, 0.3) is 0 Å². The van der Waals surface area contributed by atoms with Gasteiger partial charge in [0.05, 0.1) is 0 Å². The van der Waals surface area contributed by atoms with E-state index in [1.165, 1.54) is 5.57 Å². The molecule has 1 nitrogen and oxygen atoms in total. The summed E-state index contributed by atoms with van der Waals surface area (Å²) in [5.74, 6) is 0. The SMILES string of the molecule is C=C(C)C[Si]OC(C)CC.